The van der Waals surface area contributed by atoms with Gasteiger partial charge in [-0.25, -0.2) is 0 Å². The Labute approximate surface area is 89.2 Å². The highest BCUT2D eigenvalue weighted by Crippen LogP contribution is 2.15. The summed E-state index contributed by atoms with van der Waals surface area (Å²) in [5.41, 5.74) is 0.655. The Hall–Kier alpha value is -1.08. The van der Waals surface area contributed by atoms with E-state index in [1.165, 1.54) is 12.1 Å². The number of hydrogen-bond donors (Lipinski definition) is 0. The number of halogens is 3. The number of ether oxygens (including phenoxy) is 1. The van der Waals surface area contributed by atoms with Gasteiger partial charge in [0.1, 0.15) is 5.75 Å². The summed E-state index contributed by atoms with van der Waals surface area (Å²) in [6, 6.07) is 6.29. The van der Waals surface area contributed by atoms with E-state index in [9.17, 15) is 8.78 Å². The molecule has 0 aliphatic heterocycles. The molecular formula is C10H7BrF2O. The second-order valence-corrected chi connectivity index (χ2v) is 2.90. The van der Waals surface area contributed by atoms with Gasteiger partial charge in [0, 0.05) is 5.56 Å². The third-order valence-electron chi connectivity index (χ3n) is 1.36. The molecule has 0 spiro atoms. The highest BCUT2D eigenvalue weighted by Gasteiger charge is 2.03. The van der Waals surface area contributed by atoms with Gasteiger partial charge in [-0.3, -0.25) is 0 Å². The van der Waals surface area contributed by atoms with Crippen molar-refractivity contribution in [2.45, 2.75) is 6.61 Å². The second-order valence-electron chi connectivity index (χ2n) is 2.34. The average Bonchev–Trinajstić information content (AvgIpc) is 2.14. The second kappa shape index (κ2) is 5.61. The summed E-state index contributed by atoms with van der Waals surface area (Å²) in [6.07, 6.45) is 0. The Bertz CT molecular complexity index is 355. The van der Waals surface area contributed by atoms with Gasteiger partial charge in [0.05, 0.1) is 5.33 Å². The molecule has 4 heteroatoms. The zero-order valence-corrected chi connectivity index (χ0v) is 8.72. The van der Waals surface area contributed by atoms with Crippen LogP contribution in [-0.2, 0) is 0 Å². The van der Waals surface area contributed by atoms with Gasteiger partial charge in [0.2, 0.25) is 0 Å². The van der Waals surface area contributed by atoms with Gasteiger partial charge >= 0.3 is 6.61 Å². The summed E-state index contributed by atoms with van der Waals surface area (Å²) in [7, 11) is 0. The Morgan fingerprint density at radius 1 is 1.43 bits per heavy atom. The zero-order valence-electron chi connectivity index (χ0n) is 7.14. The lowest BCUT2D eigenvalue weighted by Crippen LogP contribution is -2.01. The van der Waals surface area contributed by atoms with Crippen molar-refractivity contribution < 1.29 is 13.5 Å². The van der Waals surface area contributed by atoms with Crippen LogP contribution in [0, 0.1) is 11.8 Å². The Morgan fingerprint density at radius 3 is 2.86 bits per heavy atom. The third kappa shape index (κ3) is 3.75. The van der Waals surface area contributed by atoms with E-state index in [4.69, 9.17) is 0 Å². The van der Waals surface area contributed by atoms with E-state index in [2.05, 4.69) is 32.5 Å². The summed E-state index contributed by atoms with van der Waals surface area (Å²) in [4.78, 5) is 0. The first kappa shape index (κ1) is 11.0. The van der Waals surface area contributed by atoms with Crippen molar-refractivity contribution >= 4 is 15.9 Å². The van der Waals surface area contributed by atoms with E-state index in [0.29, 0.717) is 10.9 Å². The normalized spacial score (nSPS) is 9.43. The third-order valence-corrected chi connectivity index (χ3v) is 1.64. The number of alkyl halides is 3. The molecule has 0 fully saturated rings. The molecule has 0 saturated carbocycles. The van der Waals surface area contributed by atoms with Gasteiger partial charge in [0.15, 0.2) is 0 Å². The van der Waals surface area contributed by atoms with E-state index in [1.54, 1.807) is 12.1 Å². The molecular weight excluding hydrogens is 254 g/mol. The zero-order chi connectivity index (χ0) is 10.4. The summed E-state index contributed by atoms with van der Waals surface area (Å²) in [5, 5.41) is 0.549. The van der Waals surface area contributed by atoms with E-state index in [-0.39, 0.29) is 5.75 Å². The lowest BCUT2D eigenvalue weighted by Gasteiger charge is -2.03. The fourth-order valence-corrected chi connectivity index (χ4v) is 1.03. The van der Waals surface area contributed by atoms with Crippen LogP contribution in [0.1, 0.15) is 5.56 Å². The minimum absolute atomic E-state index is 0.126. The fraction of sp³-hybridized carbons (Fsp3) is 0.200. The molecule has 0 amide bonds. The molecule has 0 bridgehead atoms. The number of rotatable bonds is 2. The molecule has 1 nitrogen and oxygen atoms in total. The van der Waals surface area contributed by atoms with Gasteiger partial charge in [-0.2, -0.15) is 8.78 Å². The Balaban J connectivity index is 2.78. The van der Waals surface area contributed by atoms with Crippen LogP contribution in [0.5, 0.6) is 5.75 Å². The number of hydrogen-bond acceptors (Lipinski definition) is 1. The van der Waals surface area contributed by atoms with Crippen molar-refractivity contribution in [3.8, 4) is 17.6 Å². The van der Waals surface area contributed by atoms with Crippen molar-refractivity contribution in [1.82, 2.24) is 0 Å². The van der Waals surface area contributed by atoms with E-state index >= 15 is 0 Å². The van der Waals surface area contributed by atoms with Crippen LogP contribution in [0.15, 0.2) is 24.3 Å². The van der Waals surface area contributed by atoms with Crippen LogP contribution in [0.4, 0.5) is 8.78 Å². The fourth-order valence-electron chi connectivity index (χ4n) is 0.886. The van der Waals surface area contributed by atoms with Crippen LogP contribution in [0.2, 0.25) is 0 Å². The van der Waals surface area contributed by atoms with Crippen molar-refractivity contribution in [2.75, 3.05) is 5.33 Å². The lowest BCUT2D eigenvalue weighted by atomic mass is 10.2. The van der Waals surface area contributed by atoms with Gasteiger partial charge in [-0.1, -0.05) is 33.8 Å². The molecule has 0 aliphatic rings. The topological polar surface area (TPSA) is 9.23 Å². The van der Waals surface area contributed by atoms with Gasteiger partial charge in [0.25, 0.3) is 0 Å². The summed E-state index contributed by atoms with van der Waals surface area (Å²) >= 11 is 3.14. The predicted octanol–water partition coefficient (Wildman–Crippen LogP) is 3.03. The molecule has 1 rings (SSSR count). The van der Waals surface area contributed by atoms with E-state index < -0.39 is 6.61 Å². The maximum atomic E-state index is 11.8. The van der Waals surface area contributed by atoms with Gasteiger partial charge in [-0.15, -0.1) is 0 Å². The first-order valence-electron chi connectivity index (χ1n) is 3.82. The Kier molecular flexibility index (Phi) is 4.41. The predicted molar refractivity (Wildman–Crippen MR) is 53.7 cm³/mol. The van der Waals surface area contributed by atoms with Crippen LogP contribution < -0.4 is 4.74 Å². The summed E-state index contributed by atoms with van der Waals surface area (Å²) in [6.45, 7) is -2.80. The van der Waals surface area contributed by atoms with E-state index in [1.807, 2.05) is 0 Å². The molecule has 0 aromatic heterocycles. The lowest BCUT2D eigenvalue weighted by molar-refractivity contribution is -0.0498. The molecule has 0 saturated heterocycles. The van der Waals surface area contributed by atoms with Gasteiger partial charge < -0.3 is 4.74 Å². The summed E-state index contributed by atoms with van der Waals surface area (Å²) < 4.78 is 27.9. The smallest absolute Gasteiger partial charge is 0.387 e. The van der Waals surface area contributed by atoms with Crippen LogP contribution in [0.25, 0.3) is 0 Å². The minimum atomic E-state index is -2.80. The minimum Gasteiger partial charge on any atom is -0.435 e. The quantitative estimate of drug-likeness (QED) is 0.587. The summed E-state index contributed by atoms with van der Waals surface area (Å²) in [5.74, 6) is 5.68. The molecule has 1 aromatic rings. The molecule has 0 radical (unpaired) electrons. The van der Waals surface area contributed by atoms with Crippen molar-refractivity contribution in [3.05, 3.63) is 29.8 Å². The first-order valence-corrected chi connectivity index (χ1v) is 4.94. The van der Waals surface area contributed by atoms with Crippen LogP contribution in [0.3, 0.4) is 0 Å². The first-order chi connectivity index (χ1) is 6.72. The molecule has 0 aliphatic carbocycles. The molecule has 0 atom stereocenters. The van der Waals surface area contributed by atoms with Crippen LogP contribution >= 0.6 is 15.9 Å². The maximum Gasteiger partial charge on any atom is 0.387 e. The highest BCUT2D eigenvalue weighted by atomic mass is 79.9. The average molecular weight is 261 g/mol. The van der Waals surface area contributed by atoms with Crippen LogP contribution in [-0.4, -0.2) is 11.9 Å². The van der Waals surface area contributed by atoms with E-state index in [0.717, 1.165) is 0 Å². The van der Waals surface area contributed by atoms with Crippen molar-refractivity contribution in [1.29, 1.82) is 0 Å². The standard InChI is InChI=1S/C10H7BrF2O/c11-6-2-4-8-3-1-5-9(7-8)14-10(12)13/h1,3,5,7,10H,6H2. The molecule has 0 unspecified atom stereocenters. The van der Waals surface area contributed by atoms with Crippen molar-refractivity contribution in [2.24, 2.45) is 0 Å². The molecule has 74 valence electrons. The molecule has 14 heavy (non-hydrogen) atoms. The maximum absolute atomic E-state index is 11.8. The van der Waals surface area contributed by atoms with Crippen molar-refractivity contribution in [3.63, 3.8) is 0 Å². The van der Waals surface area contributed by atoms with Gasteiger partial charge in [-0.05, 0) is 18.2 Å². The largest absolute Gasteiger partial charge is 0.435 e. The highest BCUT2D eigenvalue weighted by molar-refractivity contribution is 9.09. The SMILES string of the molecule is FC(F)Oc1cccc(C#CCBr)c1. The molecule has 0 heterocycles. The number of benzene rings is 1. The monoisotopic (exact) mass is 260 g/mol. The molecule has 1 aromatic carbocycles. The Morgan fingerprint density at radius 2 is 2.21 bits per heavy atom. The molecule has 0 N–H and O–H groups in total.